The summed E-state index contributed by atoms with van der Waals surface area (Å²) in [6.07, 6.45) is 2.79. The van der Waals surface area contributed by atoms with Crippen molar-refractivity contribution in [3.05, 3.63) is 82.4 Å². The summed E-state index contributed by atoms with van der Waals surface area (Å²) in [6.45, 7) is 12.7. The Morgan fingerprint density at radius 1 is 0.707 bits per heavy atom. The number of hydrazine groups is 2. The van der Waals surface area contributed by atoms with Gasteiger partial charge in [-0.2, -0.15) is 0 Å². The van der Waals surface area contributed by atoms with E-state index >= 15 is 0 Å². The van der Waals surface area contributed by atoms with Crippen LogP contribution in [0.3, 0.4) is 0 Å². The normalized spacial score (nSPS) is 16.0. The van der Waals surface area contributed by atoms with Gasteiger partial charge in [-0.15, -0.1) is 0 Å². The molecular formula is C33H38N4O4. The molecule has 0 fully saturated rings. The van der Waals surface area contributed by atoms with Gasteiger partial charge in [0, 0.05) is 35.4 Å². The second kappa shape index (κ2) is 10.8. The summed E-state index contributed by atoms with van der Waals surface area (Å²) >= 11 is 0. The van der Waals surface area contributed by atoms with Crippen molar-refractivity contribution >= 4 is 34.4 Å². The maximum atomic E-state index is 14.1. The average molecular weight is 555 g/mol. The van der Waals surface area contributed by atoms with Crippen LogP contribution in [-0.4, -0.2) is 61.8 Å². The molecule has 0 saturated heterocycles. The fraction of sp³-hybridized carbons (Fsp3) is 0.394. The second-order valence-electron chi connectivity index (χ2n) is 11.9. The molecule has 1 atom stereocenters. The SMILES string of the molecule is CCCCC(C)N(Cc1ccccc1)N1C(=O)c2ccc3c4c(ccc(c24)C1=O)C(=O)N(N(CC)C(C)(C)C)C3=O. The molecule has 1 unspecified atom stereocenters. The molecule has 41 heavy (non-hydrogen) atoms. The first kappa shape index (κ1) is 28.6. The number of nitrogens with zero attached hydrogens (tertiary/aromatic N) is 4. The van der Waals surface area contributed by atoms with Crippen molar-refractivity contribution in [3.63, 3.8) is 0 Å². The maximum absolute atomic E-state index is 14.1. The van der Waals surface area contributed by atoms with E-state index in [1.807, 2.05) is 70.0 Å². The van der Waals surface area contributed by atoms with E-state index in [9.17, 15) is 19.2 Å². The van der Waals surface area contributed by atoms with Crippen LogP contribution in [0.2, 0.25) is 0 Å². The summed E-state index contributed by atoms with van der Waals surface area (Å²) < 4.78 is 0. The number of carbonyl (C=O) groups is 4. The van der Waals surface area contributed by atoms with E-state index < -0.39 is 29.2 Å². The van der Waals surface area contributed by atoms with Crippen molar-refractivity contribution < 1.29 is 19.2 Å². The van der Waals surface area contributed by atoms with Crippen LogP contribution in [0.1, 0.15) is 108 Å². The van der Waals surface area contributed by atoms with Crippen LogP contribution in [0.4, 0.5) is 0 Å². The van der Waals surface area contributed by atoms with Crippen molar-refractivity contribution in [1.29, 1.82) is 0 Å². The number of amides is 4. The molecule has 0 aliphatic carbocycles. The lowest BCUT2D eigenvalue weighted by atomic mass is 9.86. The summed E-state index contributed by atoms with van der Waals surface area (Å²) in [4.78, 5) is 55.9. The number of carbonyl (C=O) groups excluding carboxylic acids is 4. The minimum atomic E-state index is -0.481. The summed E-state index contributed by atoms with van der Waals surface area (Å²) in [7, 11) is 0. The molecule has 3 aromatic rings. The van der Waals surface area contributed by atoms with Gasteiger partial charge in [0.25, 0.3) is 23.6 Å². The Morgan fingerprint density at radius 3 is 1.59 bits per heavy atom. The van der Waals surface area contributed by atoms with Crippen molar-refractivity contribution in [3.8, 4) is 0 Å². The third-order valence-corrected chi connectivity index (χ3v) is 8.10. The van der Waals surface area contributed by atoms with Crippen LogP contribution in [0.25, 0.3) is 10.8 Å². The maximum Gasteiger partial charge on any atom is 0.276 e. The Kier molecular flexibility index (Phi) is 7.57. The van der Waals surface area contributed by atoms with E-state index in [-0.39, 0.29) is 6.04 Å². The number of hydrogen-bond donors (Lipinski definition) is 0. The number of unbranched alkanes of at least 4 members (excludes halogenated alkanes) is 1. The van der Waals surface area contributed by atoms with Gasteiger partial charge in [0.15, 0.2) is 0 Å². The molecule has 0 radical (unpaired) electrons. The van der Waals surface area contributed by atoms with Crippen LogP contribution >= 0.6 is 0 Å². The Hall–Kier alpha value is -3.88. The monoisotopic (exact) mass is 554 g/mol. The highest BCUT2D eigenvalue weighted by Gasteiger charge is 2.44. The fourth-order valence-corrected chi connectivity index (χ4v) is 6.06. The van der Waals surface area contributed by atoms with Crippen LogP contribution in [0.15, 0.2) is 54.6 Å². The predicted molar refractivity (Wildman–Crippen MR) is 158 cm³/mol. The molecule has 3 aromatic carbocycles. The van der Waals surface area contributed by atoms with Crippen molar-refractivity contribution in [2.75, 3.05) is 6.54 Å². The Bertz CT molecular complexity index is 1470. The summed E-state index contributed by atoms with van der Waals surface area (Å²) in [6, 6.07) is 16.2. The molecular weight excluding hydrogens is 516 g/mol. The zero-order valence-corrected chi connectivity index (χ0v) is 24.7. The second-order valence-corrected chi connectivity index (χ2v) is 11.9. The zero-order valence-electron chi connectivity index (χ0n) is 24.7. The molecule has 2 heterocycles. The smallest absolute Gasteiger partial charge is 0.267 e. The van der Waals surface area contributed by atoms with Gasteiger partial charge in [-0.1, -0.05) is 57.0 Å². The molecule has 0 spiro atoms. The predicted octanol–water partition coefficient (Wildman–Crippen LogP) is 6.06. The highest BCUT2D eigenvalue weighted by Crippen LogP contribution is 2.39. The molecule has 0 N–H and O–H groups in total. The number of imide groups is 2. The highest BCUT2D eigenvalue weighted by atomic mass is 16.2. The molecule has 0 bridgehead atoms. The zero-order chi connectivity index (χ0) is 29.6. The van der Waals surface area contributed by atoms with E-state index in [0.717, 1.165) is 24.8 Å². The number of benzene rings is 3. The number of hydrogen-bond acceptors (Lipinski definition) is 6. The van der Waals surface area contributed by atoms with Crippen molar-refractivity contribution in [1.82, 2.24) is 20.0 Å². The summed E-state index contributed by atoms with van der Waals surface area (Å²) in [5.74, 6) is -1.80. The van der Waals surface area contributed by atoms with Crippen molar-refractivity contribution in [2.45, 2.75) is 78.9 Å². The average Bonchev–Trinajstić information content (AvgIpc) is 2.94. The fourth-order valence-electron chi connectivity index (χ4n) is 6.06. The quantitative estimate of drug-likeness (QED) is 0.299. The third-order valence-electron chi connectivity index (χ3n) is 8.10. The van der Waals surface area contributed by atoms with Crippen molar-refractivity contribution in [2.24, 2.45) is 0 Å². The minimum absolute atomic E-state index is 0.0772. The Morgan fingerprint density at radius 2 is 1.17 bits per heavy atom. The van der Waals surface area contributed by atoms with Gasteiger partial charge in [-0.3, -0.25) is 19.2 Å². The van der Waals surface area contributed by atoms with Crippen LogP contribution in [0, 0.1) is 0 Å². The first-order valence-electron chi connectivity index (χ1n) is 14.5. The van der Waals surface area contributed by atoms with E-state index in [0.29, 0.717) is 46.1 Å². The van der Waals surface area contributed by atoms with Gasteiger partial charge < -0.3 is 0 Å². The summed E-state index contributed by atoms with van der Waals surface area (Å²) in [5.41, 5.74) is 1.77. The highest BCUT2D eigenvalue weighted by molar-refractivity contribution is 6.33. The third kappa shape index (κ3) is 4.75. The van der Waals surface area contributed by atoms with E-state index in [4.69, 9.17) is 0 Å². The minimum Gasteiger partial charge on any atom is -0.267 e. The van der Waals surface area contributed by atoms with Gasteiger partial charge in [-0.25, -0.2) is 20.0 Å². The van der Waals surface area contributed by atoms with Gasteiger partial charge in [0.05, 0.1) is 22.3 Å². The topological polar surface area (TPSA) is 81.2 Å². The molecule has 0 saturated carbocycles. The van der Waals surface area contributed by atoms with Crippen LogP contribution in [-0.2, 0) is 6.54 Å². The summed E-state index contributed by atoms with van der Waals surface area (Å²) in [5, 5.41) is 6.84. The first-order valence-corrected chi connectivity index (χ1v) is 14.5. The lowest BCUT2D eigenvalue weighted by Crippen LogP contribution is -2.59. The van der Waals surface area contributed by atoms with Crippen LogP contribution in [0.5, 0.6) is 0 Å². The molecule has 214 valence electrons. The van der Waals surface area contributed by atoms with Gasteiger partial charge >= 0.3 is 0 Å². The molecule has 2 aliphatic rings. The standard InChI is InChI=1S/C33H38N4O4/c1-7-9-13-21(3)34(20-22-14-11-10-12-15-22)36-29(38)23-16-18-25-28-26(19-17-24(27(23)28)30(36)39)32(41)37(31(25)40)35(8-2)33(4,5)6/h10-12,14-19,21H,7-9,13,20H2,1-6H3. The van der Waals surface area contributed by atoms with E-state index in [1.165, 1.54) is 10.0 Å². The molecule has 0 aromatic heterocycles. The Labute approximate surface area is 241 Å². The molecule has 8 heteroatoms. The van der Waals surface area contributed by atoms with Crippen LogP contribution < -0.4 is 0 Å². The van der Waals surface area contributed by atoms with Gasteiger partial charge in [0.1, 0.15) is 0 Å². The lowest BCUT2D eigenvalue weighted by Gasteiger charge is -2.44. The first-order chi connectivity index (χ1) is 19.5. The molecule has 4 amide bonds. The van der Waals surface area contributed by atoms with Gasteiger partial charge in [-0.05, 0) is 63.9 Å². The molecule has 8 nitrogen and oxygen atoms in total. The largest absolute Gasteiger partial charge is 0.276 e. The Balaban J connectivity index is 1.62. The lowest BCUT2D eigenvalue weighted by molar-refractivity contribution is -0.0450. The van der Waals surface area contributed by atoms with Gasteiger partial charge in [0.2, 0.25) is 0 Å². The van der Waals surface area contributed by atoms with E-state index in [1.54, 1.807) is 29.3 Å². The number of rotatable bonds is 9. The van der Waals surface area contributed by atoms with E-state index in [2.05, 4.69) is 6.92 Å². The molecule has 2 aliphatic heterocycles. The molecule has 5 rings (SSSR count).